The first-order valence-corrected chi connectivity index (χ1v) is 7.82. The molecule has 0 fully saturated rings. The lowest BCUT2D eigenvalue weighted by molar-refractivity contribution is 0.210. The summed E-state index contributed by atoms with van der Waals surface area (Å²) < 4.78 is 7.77. The molecule has 6 nitrogen and oxygen atoms in total. The molecule has 0 saturated carbocycles. The van der Waals surface area contributed by atoms with E-state index in [1.54, 1.807) is 4.52 Å². The van der Waals surface area contributed by atoms with Crippen molar-refractivity contribution in [3.63, 3.8) is 0 Å². The molecule has 2 aromatic heterocycles. The largest absolute Gasteiger partial charge is 0.489 e. The van der Waals surface area contributed by atoms with Crippen molar-refractivity contribution in [2.45, 2.75) is 33.3 Å². The number of ether oxygens (including phenoxy) is 1. The minimum atomic E-state index is 0.0799. The Hall–Kier alpha value is -2.63. The topological polar surface area (TPSA) is 64.3 Å². The van der Waals surface area contributed by atoms with Gasteiger partial charge in [-0.15, -0.1) is 15.3 Å². The second-order valence-electron chi connectivity index (χ2n) is 5.58. The van der Waals surface area contributed by atoms with Crippen molar-refractivity contribution in [1.29, 1.82) is 0 Å². The van der Waals surface area contributed by atoms with E-state index in [9.17, 15) is 0 Å². The van der Waals surface area contributed by atoms with Gasteiger partial charge >= 0.3 is 0 Å². The maximum Gasteiger partial charge on any atom is 0.178 e. The van der Waals surface area contributed by atoms with Gasteiger partial charge in [-0.1, -0.05) is 19.1 Å². The molecule has 1 atom stereocenters. The summed E-state index contributed by atoms with van der Waals surface area (Å²) in [6.07, 6.45) is 0.991. The highest BCUT2D eigenvalue weighted by Gasteiger charge is 2.10. The van der Waals surface area contributed by atoms with Gasteiger partial charge in [-0.3, -0.25) is 0 Å². The summed E-state index contributed by atoms with van der Waals surface area (Å²) in [7, 11) is 0. The predicted octanol–water partition coefficient (Wildman–Crippen LogP) is 3.01. The van der Waals surface area contributed by atoms with Crippen LogP contribution < -0.4 is 10.1 Å². The van der Waals surface area contributed by atoms with E-state index < -0.39 is 0 Å². The third-order valence-corrected chi connectivity index (χ3v) is 3.68. The van der Waals surface area contributed by atoms with Crippen LogP contribution in [0.4, 0.5) is 5.82 Å². The molecule has 0 radical (unpaired) electrons. The minimum absolute atomic E-state index is 0.0799. The number of nitrogens with zero attached hydrogens (tertiary/aromatic N) is 4. The Labute approximate surface area is 135 Å². The summed E-state index contributed by atoms with van der Waals surface area (Å²) in [5.74, 6) is 2.45. The molecule has 2 heterocycles. The molecule has 3 rings (SSSR count). The lowest BCUT2D eigenvalue weighted by atomic mass is 10.2. The number of hydrogen-bond acceptors (Lipinski definition) is 5. The van der Waals surface area contributed by atoms with Crippen molar-refractivity contribution in [3.8, 4) is 5.75 Å². The van der Waals surface area contributed by atoms with E-state index in [4.69, 9.17) is 4.74 Å². The van der Waals surface area contributed by atoms with Gasteiger partial charge in [-0.2, -0.15) is 4.52 Å². The predicted molar refractivity (Wildman–Crippen MR) is 89.9 cm³/mol. The second-order valence-corrected chi connectivity index (χ2v) is 5.58. The standard InChI is InChI=1S/C17H21N5O/c1-4-14(23-15-7-5-6-12(2)10-15)11-18-16-8-9-17-20-19-13(3)22(17)21-16/h5-10,14H,4,11H2,1-3H3,(H,18,21). The molecule has 0 amide bonds. The van der Waals surface area contributed by atoms with Crippen LogP contribution in [0.5, 0.6) is 5.75 Å². The number of fused-ring (bicyclic) bond motifs is 1. The highest BCUT2D eigenvalue weighted by molar-refractivity contribution is 5.43. The van der Waals surface area contributed by atoms with Crippen molar-refractivity contribution in [2.24, 2.45) is 0 Å². The van der Waals surface area contributed by atoms with Gasteiger partial charge in [0, 0.05) is 0 Å². The first-order valence-electron chi connectivity index (χ1n) is 7.82. The van der Waals surface area contributed by atoms with E-state index in [2.05, 4.69) is 40.5 Å². The van der Waals surface area contributed by atoms with Crippen LogP contribution in [0, 0.1) is 13.8 Å². The van der Waals surface area contributed by atoms with Crippen LogP contribution in [0.15, 0.2) is 36.4 Å². The van der Waals surface area contributed by atoms with Crippen LogP contribution in [-0.4, -0.2) is 32.5 Å². The van der Waals surface area contributed by atoms with Gasteiger partial charge in [0.2, 0.25) is 0 Å². The average Bonchev–Trinajstić information content (AvgIpc) is 2.92. The Morgan fingerprint density at radius 2 is 2.04 bits per heavy atom. The van der Waals surface area contributed by atoms with E-state index in [1.165, 1.54) is 5.56 Å². The SMILES string of the molecule is CCC(CNc1ccc2nnc(C)n2n1)Oc1cccc(C)c1. The third kappa shape index (κ3) is 3.59. The molecule has 120 valence electrons. The fourth-order valence-corrected chi connectivity index (χ4v) is 2.36. The molecule has 3 aromatic rings. The van der Waals surface area contributed by atoms with Crippen molar-refractivity contribution >= 4 is 11.5 Å². The maximum atomic E-state index is 6.04. The molecule has 1 aromatic carbocycles. The van der Waals surface area contributed by atoms with E-state index in [1.807, 2.05) is 37.3 Å². The molecule has 0 bridgehead atoms. The Balaban J connectivity index is 1.65. The minimum Gasteiger partial charge on any atom is -0.489 e. The number of benzene rings is 1. The molecular formula is C17H21N5O. The number of anilines is 1. The highest BCUT2D eigenvalue weighted by Crippen LogP contribution is 2.16. The van der Waals surface area contributed by atoms with E-state index >= 15 is 0 Å². The van der Waals surface area contributed by atoms with Crippen LogP contribution >= 0.6 is 0 Å². The Morgan fingerprint density at radius 1 is 1.17 bits per heavy atom. The lowest BCUT2D eigenvalue weighted by Gasteiger charge is -2.18. The van der Waals surface area contributed by atoms with Gasteiger partial charge in [-0.05, 0) is 50.1 Å². The van der Waals surface area contributed by atoms with Crippen LogP contribution in [-0.2, 0) is 0 Å². The molecule has 0 aliphatic carbocycles. The molecule has 23 heavy (non-hydrogen) atoms. The molecular weight excluding hydrogens is 290 g/mol. The zero-order chi connectivity index (χ0) is 16.2. The Bertz CT molecular complexity index is 799. The molecule has 1 N–H and O–H groups in total. The number of hydrogen-bond donors (Lipinski definition) is 1. The van der Waals surface area contributed by atoms with Crippen molar-refractivity contribution in [1.82, 2.24) is 19.8 Å². The summed E-state index contributed by atoms with van der Waals surface area (Å²) >= 11 is 0. The zero-order valence-corrected chi connectivity index (χ0v) is 13.7. The van der Waals surface area contributed by atoms with Crippen molar-refractivity contribution < 1.29 is 4.74 Å². The summed E-state index contributed by atoms with van der Waals surface area (Å²) in [6, 6.07) is 11.9. The van der Waals surface area contributed by atoms with Crippen LogP contribution in [0.3, 0.4) is 0 Å². The quantitative estimate of drug-likeness (QED) is 0.758. The Kier molecular flexibility index (Phi) is 4.41. The molecule has 0 saturated heterocycles. The molecule has 6 heteroatoms. The smallest absolute Gasteiger partial charge is 0.178 e. The molecule has 1 unspecified atom stereocenters. The van der Waals surface area contributed by atoms with E-state index in [-0.39, 0.29) is 6.10 Å². The average molecular weight is 311 g/mol. The van der Waals surface area contributed by atoms with Crippen LogP contribution in [0.2, 0.25) is 0 Å². The zero-order valence-electron chi connectivity index (χ0n) is 13.7. The van der Waals surface area contributed by atoms with Gasteiger partial charge in [0.25, 0.3) is 0 Å². The van der Waals surface area contributed by atoms with Gasteiger partial charge < -0.3 is 10.1 Å². The summed E-state index contributed by atoms with van der Waals surface area (Å²) in [5.41, 5.74) is 1.94. The van der Waals surface area contributed by atoms with Crippen LogP contribution in [0.1, 0.15) is 24.7 Å². The Morgan fingerprint density at radius 3 is 2.83 bits per heavy atom. The lowest BCUT2D eigenvalue weighted by Crippen LogP contribution is -2.26. The summed E-state index contributed by atoms with van der Waals surface area (Å²) in [4.78, 5) is 0. The van der Waals surface area contributed by atoms with Crippen molar-refractivity contribution in [2.75, 3.05) is 11.9 Å². The van der Waals surface area contributed by atoms with Gasteiger partial charge in [0.1, 0.15) is 17.7 Å². The number of nitrogens with one attached hydrogen (secondary N) is 1. The normalized spacial score (nSPS) is 12.3. The number of aromatic nitrogens is 4. The number of rotatable bonds is 6. The fraction of sp³-hybridized carbons (Fsp3) is 0.353. The highest BCUT2D eigenvalue weighted by atomic mass is 16.5. The fourth-order valence-electron chi connectivity index (χ4n) is 2.36. The second kappa shape index (κ2) is 6.64. The van der Waals surface area contributed by atoms with Crippen molar-refractivity contribution in [3.05, 3.63) is 47.8 Å². The third-order valence-electron chi connectivity index (χ3n) is 3.68. The maximum absolute atomic E-state index is 6.04. The summed E-state index contributed by atoms with van der Waals surface area (Å²) in [6.45, 7) is 6.74. The monoisotopic (exact) mass is 311 g/mol. The number of aryl methyl sites for hydroxylation is 2. The summed E-state index contributed by atoms with van der Waals surface area (Å²) in [5, 5.41) is 15.9. The van der Waals surface area contributed by atoms with Gasteiger partial charge in [0.15, 0.2) is 11.5 Å². The van der Waals surface area contributed by atoms with Gasteiger partial charge in [-0.25, -0.2) is 0 Å². The molecule has 0 aliphatic rings. The molecule has 0 spiro atoms. The first-order chi connectivity index (χ1) is 11.2. The van der Waals surface area contributed by atoms with Crippen LogP contribution in [0.25, 0.3) is 5.65 Å². The van der Waals surface area contributed by atoms with E-state index in [0.717, 1.165) is 29.5 Å². The van der Waals surface area contributed by atoms with Gasteiger partial charge in [0.05, 0.1) is 6.54 Å². The van der Waals surface area contributed by atoms with E-state index in [0.29, 0.717) is 6.54 Å². The molecule has 0 aliphatic heterocycles. The first kappa shape index (κ1) is 15.3.